The number of hydrogen-bond acceptors (Lipinski definition) is 3. The fourth-order valence-electron chi connectivity index (χ4n) is 1.73. The van der Waals surface area contributed by atoms with Gasteiger partial charge in [-0.3, -0.25) is 0 Å². The third kappa shape index (κ3) is 3.25. The SMILES string of the molecule is Cc1cc(F)ccc1Oc1cnc(C(C)C)nc1CCl. The number of aryl methyl sites for hydroxylation is 1. The highest BCUT2D eigenvalue weighted by atomic mass is 35.5. The lowest BCUT2D eigenvalue weighted by molar-refractivity contribution is 0.464. The van der Waals surface area contributed by atoms with Gasteiger partial charge in [0.1, 0.15) is 23.1 Å². The number of nitrogens with zero attached hydrogens (tertiary/aromatic N) is 2. The quantitative estimate of drug-likeness (QED) is 0.774. The van der Waals surface area contributed by atoms with E-state index in [0.29, 0.717) is 22.8 Å². The van der Waals surface area contributed by atoms with Crippen LogP contribution in [0.5, 0.6) is 11.5 Å². The highest BCUT2D eigenvalue weighted by Crippen LogP contribution is 2.28. The number of hydrogen-bond donors (Lipinski definition) is 0. The van der Waals surface area contributed by atoms with Crippen molar-refractivity contribution < 1.29 is 9.13 Å². The van der Waals surface area contributed by atoms with Crippen molar-refractivity contribution >= 4 is 11.6 Å². The molecule has 1 aromatic heterocycles. The standard InChI is InChI=1S/C15H16ClFN2O/c1-9(2)15-18-8-14(12(7-16)19-15)20-13-5-4-11(17)6-10(13)3/h4-6,8-9H,7H2,1-3H3. The van der Waals surface area contributed by atoms with Gasteiger partial charge in [-0.05, 0) is 30.7 Å². The summed E-state index contributed by atoms with van der Waals surface area (Å²) in [6, 6.07) is 4.35. The van der Waals surface area contributed by atoms with Gasteiger partial charge in [0.15, 0.2) is 5.75 Å². The minimum atomic E-state index is -0.293. The zero-order chi connectivity index (χ0) is 14.7. The molecule has 20 heavy (non-hydrogen) atoms. The van der Waals surface area contributed by atoms with Crippen molar-refractivity contribution in [1.29, 1.82) is 0 Å². The molecule has 3 nitrogen and oxygen atoms in total. The first kappa shape index (κ1) is 14.7. The Bertz CT molecular complexity index is 617. The molecule has 0 radical (unpaired) electrons. The van der Waals surface area contributed by atoms with Crippen molar-refractivity contribution in [3.63, 3.8) is 0 Å². The lowest BCUT2D eigenvalue weighted by Gasteiger charge is -2.12. The molecule has 0 saturated heterocycles. The summed E-state index contributed by atoms with van der Waals surface area (Å²) in [6.07, 6.45) is 1.61. The number of ether oxygens (including phenoxy) is 1. The zero-order valence-corrected chi connectivity index (χ0v) is 12.4. The van der Waals surface area contributed by atoms with Crippen molar-refractivity contribution in [3.05, 3.63) is 47.3 Å². The molecule has 0 amide bonds. The second kappa shape index (κ2) is 6.18. The van der Waals surface area contributed by atoms with Gasteiger partial charge in [-0.25, -0.2) is 14.4 Å². The van der Waals surface area contributed by atoms with Gasteiger partial charge >= 0.3 is 0 Å². The first-order valence-corrected chi connectivity index (χ1v) is 6.90. The van der Waals surface area contributed by atoms with Gasteiger partial charge < -0.3 is 4.74 Å². The van der Waals surface area contributed by atoms with Gasteiger partial charge in [0.05, 0.1) is 12.1 Å². The van der Waals surface area contributed by atoms with Gasteiger partial charge in [0.25, 0.3) is 0 Å². The van der Waals surface area contributed by atoms with Crippen LogP contribution in [0, 0.1) is 12.7 Å². The van der Waals surface area contributed by atoms with Crippen molar-refractivity contribution in [3.8, 4) is 11.5 Å². The summed E-state index contributed by atoms with van der Waals surface area (Å²) in [7, 11) is 0. The van der Waals surface area contributed by atoms with E-state index in [0.717, 1.165) is 5.82 Å². The number of alkyl halides is 1. The van der Waals surface area contributed by atoms with Crippen LogP contribution in [-0.4, -0.2) is 9.97 Å². The smallest absolute Gasteiger partial charge is 0.168 e. The van der Waals surface area contributed by atoms with Crippen LogP contribution in [0.25, 0.3) is 0 Å². The summed E-state index contributed by atoms with van der Waals surface area (Å²) in [5.74, 6) is 1.96. The minimum Gasteiger partial charge on any atom is -0.453 e. The Kier molecular flexibility index (Phi) is 4.55. The second-order valence-corrected chi connectivity index (χ2v) is 5.11. The van der Waals surface area contributed by atoms with Crippen LogP contribution in [0.15, 0.2) is 24.4 Å². The molecule has 0 fully saturated rings. The molecule has 0 saturated carbocycles. The lowest BCUT2D eigenvalue weighted by Crippen LogP contribution is -2.02. The van der Waals surface area contributed by atoms with Crippen LogP contribution < -0.4 is 4.74 Å². The van der Waals surface area contributed by atoms with Crippen LogP contribution in [-0.2, 0) is 5.88 Å². The summed E-state index contributed by atoms with van der Waals surface area (Å²) in [5.41, 5.74) is 1.34. The van der Waals surface area contributed by atoms with Crippen molar-refractivity contribution in [2.45, 2.75) is 32.6 Å². The fraction of sp³-hybridized carbons (Fsp3) is 0.333. The first-order valence-electron chi connectivity index (χ1n) is 6.37. The molecular formula is C15H16ClFN2O. The number of benzene rings is 1. The average molecular weight is 295 g/mol. The molecule has 1 aromatic carbocycles. The summed E-state index contributed by atoms with van der Waals surface area (Å²) in [6.45, 7) is 5.80. The molecule has 0 aliphatic rings. The monoisotopic (exact) mass is 294 g/mol. The topological polar surface area (TPSA) is 35.0 Å². The molecule has 2 rings (SSSR count). The summed E-state index contributed by atoms with van der Waals surface area (Å²) in [5, 5.41) is 0. The normalized spacial score (nSPS) is 10.9. The fourth-order valence-corrected chi connectivity index (χ4v) is 1.92. The van der Waals surface area contributed by atoms with Crippen LogP contribution in [0.3, 0.4) is 0 Å². The molecule has 0 atom stereocenters. The van der Waals surface area contributed by atoms with Crippen LogP contribution >= 0.6 is 11.6 Å². The third-order valence-electron chi connectivity index (χ3n) is 2.85. The predicted octanol–water partition coefficient (Wildman–Crippen LogP) is 4.58. The molecule has 0 unspecified atom stereocenters. The predicted molar refractivity (Wildman–Crippen MR) is 76.9 cm³/mol. The first-order chi connectivity index (χ1) is 9.51. The van der Waals surface area contributed by atoms with E-state index in [1.165, 1.54) is 12.1 Å². The Morgan fingerprint density at radius 1 is 1.30 bits per heavy atom. The van der Waals surface area contributed by atoms with Gasteiger partial charge in [-0.15, -0.1) is 11.6 Å². The van der Waals surface area contributed by atoms with Crippen LogP contribution in [0.4, 0.5) is 4.39 Å². The van der Waals surface area contributed by atoms with E-state index in [-0.39, 0.29) is 17.6 Å². The molecule has 0 aliphatic carbocycles. The Morgan fingerprint density at radius 2 is 2.05 bits per heavy atom. The van der Waals surface area contributed by atoms with E-state index in [1.807, 2.05) is 13.8 Å². The summed E-state index contributed by atoms with van der Waals surface area (Å²) >= 11 is 5.91. The van der Waals surface area contributed by atoms with Gasteiger partial charge in [0, 0.05) is 5.92 Å². The molecule has 0 bridgehead atoms. The summed E-state index contributed by atoms with van der Waals surface area (Å²) < 4.78 is 18.8. The lowest BCUT2D eigenvalue weighted by atomic mass is 10.2. The minimum absolute atomic E-state index is 0.221. The Labute approximate surface area is 122 Å². The Balaban J connectivity index is 2.33. The van der Waals surface area contributed by atoms with Crippen LogP contribution in [0.2, 0.25) is 0 Å². The second-order valence-electron chi connectivity index (χ2n) is 4.84. The molecule has 2 aromatic rings. The van der Waals surface area contributed by atoms with Crippen LogP contribution in [0.1, 0.15) is 36.8 Å². The Hall–Kier alpha value is -1.68. The molecule has 5 heteroatoms. The van der Waals surface area contributed by atoms with Crippen molar-refractivity contribution in [2.75, 3.05) is 0 Å². The maximum atomic E-state index is 13.1. The van der Waals surface area contributed by atoms with E-state index in [4.69, 9.17) is 16.3 Å². The van der Waals surface area contributed by atoms with Gasteiger partial charge in [-0.1, -0.05) is 13.8 Å². The van der Waals surface area contributed by atoms with E-state index in [9.17, 15) is 4.39 Å². The highest BCUT2D eigenvalue weighted by molar-refractivity contribution is 6.17. The summed E-state index contributed by atoms with van der Waals surface area (Å²) in [4.78, 5) is 8.65. The third-order valence-corrected chi connectivity index (χ3v) is 3.10. The molecular weight excluding hydrogens is 279 g/mol. The number of halogens is 2. The van der Waals surface area contributed by atoms with E-state index < -0.39 is 0 Å². The molecule has 0 N–H and O–H groups in total. The maximum absolute atomic E-state index is 13.1. The van der Waals surface area contributed by atoms with E-state index in [2.05, 4.69) is 9.97 Å². The average Bonchev–Trinajstić information content (AvgIpc) is 2.42. The van der Waals surface area contributed by atoms with Gasteiger partial charge in [-0.2, -0.15) is 0 Å². The number of rotatable bonds is 4. The highest BCUT2D eigenvalue weighted by Gasteiger charge is 2.12. The largest absolute Gasteiger partial charge is 0.453 e. The maximum Gasteiger partial charge on any atom is 0.168 e. The van der Waals surface area contributed by atoms with Gasteiger partial charge in [0.2, 0.25) is 0 Å². The van der Waals surface area contributed by atoms with Crippen molar-refractivity contribution in [2.24, 2.45) is 0 Å². The number of aromatic nitrogens is 2. The van der Waals surface area contributed by atoms with E-state index in [1.54, 1.807) is 19.2 Å². The molecule has 106 valence electrons. The molecule has 0 aliphatic heterocycles. The Morgan fingerprint density at radius 3 is 2.65 bits per heavy atom. The van der Waals surface area contributed by atoms with Crippen molar-refractivity contribution in [1.82, 2.24) is 9.97 Å². The molecule has 1 heterocycles. The zero-order valence-electron chi connectivity index (χ0n) is 11.7. The molecule has 0 spiro atoms. The van der Waals surface area contributed by atoms with E-state index >= 15 is 0 Å².